The normalized spacial score (nSPS) is 12.2. The summed E-state index contributed by atoms with van der Waals surface area (Å²) in [6.07, 6.45) is 4.28. The van der Waals surface area contributed by atoms with Crippen LogP contribution in [0.15, 0.2) is 54.7 Å². The topological polar surface area (TPSA) is 44.9 Å². The first-order valence-corrected chi connectivity index (χ1v) is 8.62. The van der Waals surface area contributed by atoms with Crippen LogP contribution in [0.3, 0.4) is 0 Å². The van der Waals surface area contributed by atoms with Gasteiger partial charge in [-0.05, 0) is 42.0 Å². The maximum absolute atomic E-state index is 12.4. The number of carbonyl (C=O) groups is 1. The fourth-order valence-corrected chi connectivity index (χ4v) is 3.06. The number of rotatable bonds is 6. The van der Waals surface area contributed by atoms with E-state index in [0.717, 1.165) is 24.0 Å². The van der Waals surface area contributed by atoms with Gasteiger partial charge < -0.3 is 10.3 Å². The number of aryl methyl sites for hydroxylation is 1. The number of nitrogens with one attached hydrogen (secondary N) is 2. The molecule has 0 fully saturated rings. The Morgan fingerprint density at radius 3 is 2.71 bits per heavy atom. The van der Waals surface area contributed by atoms with Gasteiger partial charge in [-0.2, -0.15) is 0 Å². The van der Waals surface area contributed by atoms with Crippen molar-refractivity contribution in [2.45, 2.75) is 39.0 Å². The van der Waals surface area contributed by atoms with Gasteiger partial charge in [-0.15, -0.1) is 0 Å². The summed E-state index contributed by atoms with van der Waals surface area (Å²) in [4.78, 5) is 15.6. The zero-order valence-electron chi connectivity index (χ0n) is 14.3. The van der Waals surface area contributed by atoms with E-state index in [4.69, 9.17) is 0 Å². The summed E-state index contributed by atoms with van der Waals surface area (Å²) in [5.41, 5.74) is 4.46. The molecule has 1 unspecified atom stereocenters. The van der Waals surface area contributed by atoms with Gasteiger partial charge >= 0.3 is 0 Å². The van der Waals surface area contributed by atoms with Crippen LogP contribution >= 0.6 is 0 Å². The maximum Gasteiger partial charge on any atom is 0.224 e. The van der Waals surface area contributed by atoms with Gasteiger partial charge in [-0.3, -0.25) is 4.79 Å². The summed E-state index contributed by atoms with van der Waals surface area (Å²) < 4.78 is 0. The molecule has 3 aromatic rings. The van der Waals surface area contributed by atoms with E-state index in [9.17, 15) is 4.79 Å². The fourth-order valence-electron chi connectivity index (χ4n) is 3.06. The lowest BCUT2D eigenvalue weighted by Crippen LogP contribution is -2.14. The van der Waals surface area contributed by atoms with Crippen molar-refractivity contribution in [3.05, 3.63) is 65.9 Å². The van der Waals surface area contributed by atoms with Crippen LogP contribution in [0.2, 0.25) is 0 Å². The molecule has 3 rings (SSSR count). The minimum Gasteiger partial charge on any atom is -0.361 e. The number of para-hydroxylation sites is 2. The molecule has 0 aliphatic rings. The highest BCUT2D eigenvalue weighted by molar-refractivity contribution is 5.92. The van der Waals surface area contributed by atoms with Crippen LogP contribution in [-0.2, 0) is 11.2 Å². The van der Waals surface area contributed by atoms with Gasteiger partial charge in [0, 0.05) is 29.2 Å². The molecule has 0 saturated carbocycles. The molecule has 1 atom stereocenters. The molecule has 3 nitrogen and oxygen atoms in total. The maximum atomic E-state index is 12.4. The van der Waals surface area contributed by atoms with Crippen LogP contribution < -0.4 is 5.32 Å². The van der Waals surface area contributed by atoms with Gasteiger partial charge in [0.2, 0.25) is 5.91 Å². The number of fused-ring (bicyclic) bond motifs is 1. The summed E-state index contributed by atoms with van der Waals surface area (Å²) in [6.45, 7) is 4.36. The van der Waals surface area contributed by atoms with Gasteiger partial charge in [-0.1, -0.05) is 50.2 Å². The largest absolute Gasteiger partial charge is 0.361 e. The smallest absolute Gasteiger partial charge is 0.224 e. The molecule has 124 valence electrons. The third-order valence-electron chi connectivity index (χ3n) is 4.67. The number of aromatic amines is 1. The minimum absolute atomic E-state index is 0.0658. The van der Waals surface area contributed by atoms with Gasteiger partial charge in [-0.25, -0.2) is 0 Å². The number of benzene rings is 2. The number of aromatic nitrogens is 1. The molecule has 0 bridgehead atoms. The van der Waals surface area contributed by atoms with E-state index in [-0.39, 0.29) is 5.91 Å². The molecule has 0 saturated heterocycles. The Bertz CT molecular complexity index is 834. The SMILES string of the molecule is CCC(C)c1ccccc1NC(=O)CCc1c[nH]c2ccccc12. The number of hydrogen-bond donors (Lipinski definition) is 2. The number of amides is 1. The predicted octanol–water partition coefficient (Wildman–Crippen LogP) is 5.25. The van der Waals surface area contributed by atoms with Crippen molar-refractivity contribution >= 4 is 22.5 Å². The second-order valence-corrected chi connectivity index (χ2v) is 6.30. The Kier molecular flexibility index (Phi) is 4.99. The van der Waals surface area contributed by atoms with Crippen molar-refractivity contribution in [2.75, 3.05) is 5.32 Å². The molecule has 1 aromatic heterocycles. The van der Waals surface area contributed by atoms with Crippen molar-refractivity contribution in [1.82, 2.24) is 4.98 Å². The molecule has 0 spiro atoms. The Hall–Kier alpha value is -2.55. The summed E-state index contributed by atoms with van der Waals surface area (Å²) in [5, 5.41) is 4.29. The van der Waals surface area contributed by atoms with E-state index in [1.54, 1.807) is 0 Å². The summed E-state index contributed by atoms with van der Waals surface area (Å²) >= 11 is 0. The Morgan fingerprint density at radius 1 is 1.12 bits per heavy atom. The zero-order valence-corrected chi connectivity index (χ0v) is 14.3. The standard InChI is InChI=1S/C21H24N2O/c1-3-15(2)17-8-4-7-11-20(17)23-21(24)13-12-16-14-22-19-10-6-5-9-18(16)19/h4-11,14-15,22H,3,12-13H2,1-2H3,(H,23,24). The van der Waals surface area contributed by atoms with Crippen molar-refractivity contribution in [3.63, 3.8) is 0 Å². The number of hydrogen-bond acceptors (Lipinski definition) is 1. The third kappa shape index (κ3) is 3.51. The van der Waals surface area contributed by atoms with Crippen LogP contribution in [0.4, 0.5) is 5.69 Å². The van der Waals surface area contributed by atoms with E-state index in [2.05, 4.69) is 42.3 Å². The molecule has 2 N–H and O–H groups in total. The number of carbonyl (C=O) groups excluding carboxylic acids is 1. The van der Waals surface area contributed by atoms with Crippen LogP contribution in [0.5, 0.6) is 0 Å². The lowest BCUT2D eigenvalue weighted by atomic mass is 9.97. The van der Waals surface area contributed by atoms with E-state index in [1.165, 1.54) is 16.5 Å². The monoisotopic (exact) mass is 320 g/mol. The molecule has 0 aliphatic heterocycles. The van der Waals surface area contributed by atoms with Crippen LogP contribution in [0.25, 0.3) is 10.9 Å². The molecule has 3 heteroatoms. The van der Waals surface area contributed by atoms with Gasteiger partial charge in [0.1, 0.15) is 0 Å². The average molecular weight is 320 g/mol. The number of anilines is 1. The Balaban J connectivity index is 1.66. The van der Waals surface area contributed by atoms with Crippen molar-refractivity contribution in [3.8, 4) is 0 Å². The van der Waals surface area contributed by atoms with Crippen LogP contribution in [0.1, 0.15) is 43.7 Å². The second kappa shape index (κ2) is 7.35. The lowest BCUT2D eigenvalue weighted by molar-refractivity contribution is -0.116. The molecule has 1 heterocycles. The highest BCUT2D eigenvalue weighted by Crippen LogP contribution is 2.27. The van der Waals surface area contributed by atoms with Crippen molar-refractivity contribution in [2.24, 2.45) is 0 Å². The molecule has 0 radical (unpaired) electrons. The highest BCUT2D eigenvalue weighted by atomic mass is 16.1. The Morgan fingerprint density at radius 2 is 1.88 bits per heavy atom. The van der Waals surface area contributed by atoms with E-state index < -0.39 is 0 Å². The zero-order chi connectivity index (χ0) is 16.9. The summed E-state index contributed by atoms with van der Waals surface area (Å²) in [5.74, 6) is 0.506. The van der Waals surface area contributed by atoms with Gasteiger partial charge in [0.15, 0.2) is 0 Å². The predicted molar refractivity (Wildman–Crippen MR) is 100 cm³/mol. The van der Waals surface area contributed by atoms with Gasteiger partial charge in [0.25, 0.3) is 0 Å². The van der Waals surface area contributed by atoms with E-state index in [0.29, 0.717) is 12.3 Å². The second-order valence-electron chi connectivity index (χ2n) is 6.30. The first-order chi connectivity index (χ1) is 11.7. The molecule has 0 aliphatic carbocycles. The Labute approximate surface area is 143 Å². The van der Waals surface area contributed by atoms with E-state index >= 15 is 0 Å². The third-order valence-corrected chi connectivity index (χ3v) is 4.67. The first kappa shape index (κ1) is 16.3. The minimum atomic E-state index is 0.0658. The summed E-state index contributed by atoms with van der Waals surface area (Å²) in [6, 6.07) is 16.3. The lowest BCUT2D eigenvalue weighted by Gasteiger charge is -2.15. The first-order valence-electron chi connectivity index (χ1n) is 8.62. The molecule has 2 aromatic carbocycles. The molecular formula is C21H24N2O. The molecule has 24 heavy (non-hydrogen) atoms. The highest BCUT2D eigenvalue weighted by Gasteiger charge is 2.12. The van der Waals surface area contributed by atoms with Crippen LogP contribution in [-0.4, -0.2) is 10.9 Å². The van der Waals surface area contributed by atoms with Crippen molar-refractivity contribution < 1.29 is 4.79 Å². The van der Waals surface area contributed by atoms with E-state index in [1.807, 2.05) is 36.5 Å². The number of H-pyrrole nitrogens is 1. The van der Waals surface area contributed by atoms with Gasteiger partial charge in [0.05, 0.1) is 0 Å². The summed E-state index contributed by atoms with van der Waals surface area (Å²) in [7, 11) is 0. The average Bonchev–Trinajstić information content (AvgIpc) is 3.03. The molecule has 1 amide bonds. The molecular weight excluding hydrogens is 296 g/mol. The van der Waals surface area contributed by atoms with Crippen molar-refractivity contribution in [1.29, 1.82) is 0 Å². The fraction of sp³-hybridized carbons (Fsp3) is 0.286. The van der Waals surface area contributed by atoms with Crippen LogP contribution in [0, 0.1) is 0 Å². The quantitative estimate of drug-likeness (QED) is 0.640.